The molecule has 0 aliphatic rings. The monoisotopic (exact) mass is 339 g/mol. The Kier molecular flexibility index (Phi) is 5.33. The molecule has 0 unspecified atom stereocenters. The van der Waals surface area contributed by atoms with E-state index in [9.17, 15) is 14.0 Å². The fraction of sp³-hybridized carbons (Fsp3) is 0.267. The zero-order chi connectivity index (χ0) is 17.0. The second-order valence-electron chi connectivity index (χ2n) is 4.75. The van der Waals surface area contributed by atoms with Gasteiger partial charge >= 0.3 is 5.97 Å². The van der Waals surface area contributed by atoms with Crippen LogP contribution >= 0.6 is 11.6 Å². The van der Waals surface area contributed by atoms with Gasteiger partial charge in [-0.1, -0.05) is 17.7 Å². The van der Waals surface area contributed by atoms with Gasteiger partial charge in [0.1, 0.15) is 11.4 Å². The smallest absolute Gasteiger partial charge is 0.343 e. The van der Waals surface area contributed by atoms with Gasteiger partial charge in [-0.25, -0.2) is 9.18 Å². The number of rotatable bonds is 5. The summed E-state index contributed by atoms with van der Waals surface area (Å²) in [5, 5.41) is 6.72. The molecule has 1 aromatic heterocycles. The van der Waals surface area contributed by atoms with Crippen LogP contribution in [0.15, 0.2) is 24.4 Å². The zero-order valence-electron chi connectivity index (χ0n) is 12.6. The Morgan fingerprint density at radius 1 is 1.43 bits per heavy atom. The highest BCUT2D eigenvalue weighted by molar-refractivity contribution is 6.31. The lowest BCUT2D eigenvalue weighted by molar-refractivity contribution is -0.115. The Morgan fingerprint density at radius 2 is 2.17 bits per heavy atom. The fourth-order valence-electron chi connectivity index (χ4n) is 1.95. The van der Waals surface area contributed by atoms with E-state index in [1.165, 1.54) is 23.0 Å². The summed E-state index contributed by atoms with van der Waals surface area (Å²) in [7, 11) is 1.62. The fourth-order valence-corrected chi connectivity index (χ4v) is 2.19. The highest BCUT2D eigenvalue weighted by Gasteiger charge is 2.19. The van der Waals surface area contributed by atoms with Crippen molar-refractivity contribution in [3.63, 3.8) is 0 Å². The minimum absolute atomic E-state index is 0.0715. The van der Waals surface area contributed by atoms with Crippen LogP contribution in [0.3, 0.4) is 0 Å². The number of nitrogens with zero attached hydrogens (tertiary/aromatic N) is 2. The summed E-state index contributed by atoms with van der Waals surface area (Å²) < 4.78 is 19.3. The quantitative estimate of drug-likeness (QED) is 0.850. The van der Waals surface area contributed by atoms with Crippen LogP contribution in [0.5, 0.6) is 0 Å². The summed E-state index contributed by atoms with van der Waals surface area (Å²) in [6, 6.07) is 3.79. The predicted molar refractivity (Wildman–Crippen MR) is 82.9 cm³/mol. The molecule has 1 aromatic carbocycles. The first-order chi connectivity index (χ1) is 10.9. The number of ether oxygens (including phenoxy) is 1. The number of esters is 1. The van der Waals surface area contributed by atoms with Crippen molar-refractivity contribution in [2.45, 2.75) is 13.3 Å². The van der Waals surface area contributed by atoms with Crippen molar-refractivity contribution in [3.05, 3.63) is 46.4 Å². The third-order valence-corrected chi connectivity index (χ3v) is 3.30. The number of amides is 1. The van der Waals surface area contributed by atoms with Gasteiger partial charge < -0.3 is 10.1 Å². The maximum Gasteiger partial charge on any atom is 0.343 e. The van der Waals surface area contributed by atoms with E-state index in [0.717, 1.165) is 6.07 Å². The molecular formula is C15H15ClFN3O3. The SMILES string of the molecule is CCOC(=O)c1cn(C)nc1NC(=O)Cc1ccc(F)cc1Cl. The topological polar surface area (TPSA) is 73.2 Å². The maximum absolute atomic E-state index is 13.0. The summed E-state index contributed by atoms with van der Waals surface area (Å²) in [5.74, 6) is -1.37. The van der Waals surface area contributed by atoms with Gasteiger partial charge in [-0.2, -0.15) is 5.10 Å². The van der Waals surface area contributed by atoms with Crippen LogP contribution in [0.2, 0.25) is 5.02 Å². The van der Waals surface area contributed by atoms with E-state index in [1.54, 1.807) is 14.0 Å². The normalized spacial score (nSPS) is 10.4. The van der Waals surface area contributed by atoms with Crippen molar-refractivity contribution >= 4 is 29.3 Å². The average Bonchev–Trinajstić information content (AvgIpc) is 2.83. The van der Waals surface area contributed by atoms with Gasteiger partial charge in [0, 0.05) is 18.3 Å². The van der Waals surface area contributed by atoms with E-state index in [-0.39, 0.29) is 29.4 Å². The van der Waals surface area contributed by atoms with Gasteiger partial charge in [-0.3, -0.25) is 9.48 Å². The highest BCUT2D eigenvalue weighted by atomic mass is 35.5. The van der Waals surface area contributed by atoms with Crippen LogP contribution in [0, 0.1) is 5.82 Å². The number of nitrogens with one attached hydrogen (secondary N) is 1. The van der Waals surface area contributed by atoms with Crippen LogP contribution < -0.4 is 5.32 Å². The van der Waals surface area contributed by atoms with Gasteiger partial charge in [0.2, 0.25) is 5.91 Å². The van der Waals surface area contributed by atoms with Crippen LogP contribution in [-0.2, 0) is 23.0 Å². The summed E-state index contributed by atoms with van der Waals surface area (Å²) in [6.07, 6.45) is 1.39. The molecule has 0 spiro atoms. The first kappa shape index (κ1) is 17.0. The van der Waals surface area contributed by atoms with E-state index < -0.39 is 17.7 Å². The third-order valence-electron chi connectivity index (χ3n) is 2.95. The molecule has 2 rings (SSSR count). The molecule has 1 amide bonds. The molecule has 6 nitrogen and oxygen atoms in total. The summed E-state index contributed by atoms with van der Waals surface area (Å²) in [6.45, 7) is 1.90. The Labute approximate surface area is 137 Å². The Balaban J connectivity index is 2.12. The molecule has 0 aliphatic heterocycles. The van der Waals surface area contributed by atoms with Crippen molar-refractivity contribution < 1.29 is 18.7 Å². The number of aromatic nitrogens is 2. The van der Waals surface area contributed by atoms with Crippen molar-refractivity contribution in [1.29, 1.82) is 0 Å². The second-order valence-corrected chi connectivity index (χ2v) is 5.15. The molecule has 0 aliphatic carbocycles. The van der Waals surface area contributed by atoms with Gasteiger partial charge in [0.25, 0.3) is 0 Å². The standard InChI is InChI=1S/C15H15ClFN3O3/c1-3-23-15(22)11-8-20(2)19-14(11)18-13(21)6-9-4-5-10(17)7-12(9)16/h4-5,7-8H,3,6H2,1-2H3,(H,18,19,21). The van der Waals surface area contributed by atoms with Gasteiger partial charge in [0.05, 0.1) is 13.0 Å². The number of carbonyl (C=O) groups excluding carboxylic acids is 2. The molecule has 1 N–H and O–H groups in total. The highest BCUT2D eigenvalue weighted by Crippen LogP contribution is 2.19. The first-order valence-corrected chi connectivity index (χ1v) is 7.23. The number of hydrogen-bond donors (Lipinski definition) is 1. The third kappa shape index (κ3) is 4.29. The minimum atomic E-state index is -0.573. The zero-order valence-corrected chi connectivity index (χ0v) is 13.4. The Hall–Kier alpha value is -2.41. The molecule has 0 radical (unpaired) electrons. The molecule has 122 valence electrons. The van der Waals surface area contributed by atoms with Crippen LogP contribution in [-0.4, -0.2) is 28.3 Å². The number of anilines is 1. The maximum atomic E-state index is 13.0. The molecule has 0 atom stereocenters. The van der Waals surface area contributed by atoms with E-state index in [4.69, 9.17) is 16.3 Å². The van der Waals surface area contributed by atoms with Crippen molar-refractivity contribution in [2.24, 2.45) is 7.05 Å². The van der Waals surface area contributed by atoms with Crippen molar-refractivity contribution in [1.82, 2.24) is 9.78 Å². The lowest BCUT2D eigenvalue weighted by Gasteiger charge is -2.06. The number of halogens is 2. The van der Waals surface area contributed by atoms with Crippen LogP contribution in [0.4, 0.5) is 10.2 Å². The van der Waals surface area contributed by atoms with Crippen molar-refractivity contribution in [2.75, 3.05) is 11.9 Å². The van der Waals surface area contributed by atoms with Gasteiger partial charge in [0.15, 0.2) is 5.82 Å². The molecule has 2 aromatic rings. The number of carbonyl (C=O) groups is 2. The number of aryl methyl sites for hydroxylation is 1. The van der Waals surface area contributed by atoms with Crippen molar-refractivity contribution in [3.8, 4) is 0 Å². The van der Waals surface area contributed by atoms with E-state index in [0.29, 0.717) is 5.56 Å². The number of benzene rings is 1. The van der Waals surface area contributed by atoms with E-state index in [2.05, 4.69) is 10.4 Å². The molecule has 0 saturated carbocycles. The molecule has 0 fully saturated rings. The molecule has 0 bridgehead atoms. The molecular weight excluding hydrogens is 325 g/mol. The van der Waals surface area contributed by atoms with E-state index in [1.807, 2.05) is 0 Å². The predicted octanol–water partition coefficient (Wildman–Crippen LogP) is 2.57. The summed E-state index contributed by atoms with van der Waals surface area (Å²) in [5.41, 5.74) is 0.632. The van der Waals surface area contributed by atoms with Gasteiger partial charge in [-0.15, -0.1) is 0 Å². The summed E-state index contributed by atoms with van der Waals surface area (Å²) in [4.78, 5) is 23.9. The van der Waals surface area contributed by atoms with E-state index >= 15 is 0 Å². The lowest BCUT2D eigenvalue weighted by Crippen LogP contribution is -2.17. The lowest BCUT2D eigenvalue weighted by atomic mass is 10.1. The van der Waals surface area contributed by atoms with Gasteiger partial charge in [-0.05, 0) is 24.6 Å². The molecule has 0 saturated heterocycles. The molecule has 23 heavy (non-hydrogen) atoms. The van der Waals surface area contributed by atoms with Crippen LogP contribution in [0.1, 0.15) is 22.8 Å². The minimum Gasteiger partial charge on any atom is -0.462 e. The average molecular weight is 340 g/mol. The number of hydrogen-bond acceptors (Lipinski definition) is 4. The Bertz CT molecular complexity index is 746. The second kappa shape index (κ2) is 7.23. The molecule has 1 heterocycles. The molecule has 8 heteroatoms. The Morgan fingerprint density at radius 3 is 2.83 bits per heavy atom. The van der Waals surface area contributed by atoms with Crippen LogP contribution in [0.25, 0.3) is 0 Å². The largest absolute Gasteiger partial charge is 0.462 e. The summed E-state index contributed by atoms with van der Waals surface area (Å²) >= 11 is 5.89. The first-order valence-electron chi connectivity index (χ1n) is 6.85.